The highest BCUT2D eigenvalue weighted by atomic mass is 16.4. The largest absolute Gasteiger partial charge is 0.481 e. The summed E-state index contributed by atoms with van der Waals surface area (Å²) in [5, 5.41) is 24.4. The van der Waals surface area contributed by atoms with E-state index in [9.17, 15) is 9.59 Å². The maximum Gasteiger partial charge on any atom is 0.303 e. The molecule has 0 aliphatic rings. The number of hydrogen-bond donors (Lipinski definition) is 4. The monoisotopic (exact) mass is 249 g/mol. The molecule has 0 radical (unpaired) electrons. The van der Waals surface area contributed by atoms with Gasteiger partial charge in [-0.15, -0.1) is 0 Å². The molecule has 102 valence electrons. The highest BCUT2D eigenvalue weighted by Gasteiger charge is 1.98. The lowest BCUT2D eigenvalue weighted by molar-refractivity contribution is -0.138. The van der Waals surface area contributed by atoms with Gasteiger partial charge in [0.25, 0.3) is 0 Å². The summed E-state index contributed by atoms with van der Waals surface area (Å²) in [4.78, 5) is 20.2. The van der Waals surface area contributed by atoms with Crippen molar-refractivity contribution >= 4 is 11.9 Å². The molecule has 0 heterocycles. The van der Waals surface area contributed by atoms with Crippen LogP contribution in [-0.2, 0) is 9.59 Å². The topological polar surface area (TPSA) is 121 Å². The number of aliphatic carboxylic acids is 2. The fraction of sp³-hybridized carbons (Fsp3) is 0.818. The summed E-state index contributed by atoms with van der Waals surface area (Å²) in [6, 6.07) is 0. The molecule has 0 atom stereocenters. The molecule has 6 nitrogen and oxygen atoms in total. The molecule has 0 saturated carbocycles. The van der Waals surface area contributed by atoms with Gasteiger partial charge in [-0.1, -0.05) is 19.3 Å². The summed E-state index contributed by atoms with van der Waals surface area (Å²) in [6.07, 6.45) is 4.53. The van der Waals surface area contributed by atoms with Crippen LogP contribution in [0.1, 0.15) is 44.9 Å². The zero-order chi connectivity index (χ0) is 13.5. The summed E-state index contributed by atoms with van der Waals surface area (Å²) >= 11 is 0. The SMILES string of the molecule is NCCO.O=C(O)CCCCCCCC(=O)O. The zero-order valence-corrected chi connectivity index (χ0v) is 10.1. The number of unbranched alkanes of at least 4 members (excludes halogenated alkanes) is 4. The quantitative estimate of drug-likeness (QED) is 0.449. The van der Waals surface area contributed by atoms with Crippen LogP contribution in [0.5, 0.6) is 0 Å². The first-order chi connectivity index (χ1) is 8.04. The third-order valence-corrected chi connectivity index (χ3v) is 1.91. The molecule has 5 N–H and O–H groups in total. The minimum absolute atomic E-state index is 0.0972. The standard InChI is InChI=1S/C9H16O4.C2H7NO/c10-8(11)6-4-2-1-3-5-7-9(12)13;3-1-2-4/h1-7H2,(H,10,11)(H,12,13);4H,1-3H2. The van der Waals surface area contributed by atoms with E-state index in [1.807, 2.05) is 0 Å². The maximum atomic E-state index is 10.1. The Labute approximate surface area is 101 Å². The van der Waals surface area contributed by atoms with Crippen molar-refractivity contribution < 1.29 is 24.9 Å². The molecule has 0 aromatic heterocycles. The number of hydrogen-bond acceptors (Lipinski definition) is 4. The van der Waals surface area contributed by atoms with Crippen molar-refractivity contribution in [1.82, 2.24) is 0 Å². The predicted octanol–water partition coefficient (Wildman–Crippen LogP) is 0.824. The van der Waals surface area contributed by atoms with Crippen LogP contribution in [0, 0.1) is 0 Å². The van der Waals surface area contributed by atoms with Crippen LogP contribution < -0.4 is 5.73 Å². The highest BCUT2D eigenvalue weighted by Crippen LogP contribution is 2.06. The third-order valence-electron chi connectivity index (χ3n) is 1.91. The van der Waals surface area contributed by atoms with Gasteiger partial charge in [-0.3, -0.25) is 9.59 Å². The van der Waals surface area contributed by atoms with Crippen molar-refractivity contribution in [2.75, 3.05) is 13.2 Å². The van der Waals surface area contributed by atoms with Gasteiger partial charge in [0.2, 0.25) is 0 Å². The number of carbonyl (C=O) groups is 2. The Morgan fingerprint density at radius 2 is 1.12 bits per heavy atom. The number of carboxylic acids is 2. The lowest BCUT2D eigenvalue weighted by atomic mass is 10.1. The highest BCUT2D eigenvalue weighted by molar-refractivity contribution is 5.66. The van der Waals surface area contributed by atoms with E-state index in [2.05, 4.69) is 0 Å². The van der Waals surface area contributed by atoms with Crippen molar-refractivity contribution in [2.45, 2.75) is 44.9 Å². The smallest absolute Gasteiger partial charge is 0.303 e. The van der Waals surface area contributed by atoms with E-state index in [4.69, 9.17) is 21.1 Å². The minimum Gasteiger partial charge on any atom is -0.481 e. The van der Waals surface area contributed by atoms with Crippen LogP contribution in [0.3, 0.4) is 0 Å². The molecule has 17 heavy (non-hydrogen) atoms. The Hall–Kier alpha value is -1.14. The van der Waals surface area contributed by atoms with Gasteiger partial charge in [0.05, 0.1) is 6.61 Å². The van der Waals surface area contributed by atoms with Crippen LogP contribution in [0.25, 0.3) is 0 Å². The van der Waals surface area contributed by atoms with Gasteiger partial charge < -0.3 is 21.1 Å². The second kappa shape index (κ2) is 14.9. The number of carboxylic acid groups (broad SMARTS) is 2. The molecule has 0 rings (SSSR count). The predicted molar refractivity (Wildman–Crippen MR) is 63.7 cm³/mol. The molecule has 0 unspecified atom stereocenters. The summed E-state index contributed by atoms with van der Waals surface area (Å²) < 4.78 is 0. The summed E-state index contributed by atoms with van der Waals surface area (Å²) in [5.41, 5.74) is 4.78. The molecule has 0 fully saturated rings. The summed E-state index contributed by atoms with van der Waals surface area (Å²) in [7, 11) is 0. The Balaban J connectivity index is 0. The Kier molecular flexibility index (Phi) is 15.9. The van der Waals surface area contributed by atoms with E-state index in [0.717, 1.165) is 19.3 Å². The second-order valence-corrected chi connectivity index (χ2v) is 3.57. The van der Waals surface area contributed by atoms with Crippen molar-refractivity contribution in [3.05, 3.63) is 0 Å². The van der Waals surface area contributed by atoms with Crippen LogP contribution >= 0.6 is 0 Å². The van der Waals surface area contributed by atoms with Gasteiger partial charge in [0, 0.05) is 19.4 Å². The first-order valence-corrected chi connectivity index (χ1v) is 5.79. The van der Waals surface area contributed by atoms with Gasteiger partial charge in [-0.2, -0.15) is 0 Å². The molecule has 0 bridgehead atoms. The van der Waals surface area contributed by atoms with Crippen LogP contribution in [0.2, 0.25) is 0 Å². The molecule has 0 aromatic rings. The second-order valence-electron chi connectivity index (χ2n) is 3.57. The first-order valence-electron chi connectivity index (χ1n) is 5.79. The van der Waals surface area contributed by atoms with Crippen molar-refractivity contribution in [3.8, 4) is 0 Å². The van der Waals surface area contributed by atoms with E-state index in [-0.39, 0.29) is 19.4 Å². The van der Waals surface area contributed by atoms with Crippen LogP contribution in [-0.4, -0.2) is 40.4 Å². The summed E-state index contributed by atoms with van der Waals surface area (Å²) in [6.45, 7) is 0.472. The Morgan fingerprint density at radius 1 is 0.824 bits per heavy atom. The summed E-state index contributed by atoms with van der Waals surface area (Å²) in [5.74, 6) is -1.52. The van der Waals surface area contributed by atoms with Gasteiger partial charge in [0.15, 0.2) is 0 Å². The number of aliphatic hydroxyl groups is 1. The van der Waals surface area contributed by atoms with E-state index in [1.54, 1.807) is 0 Å². The van der Waals surface area contributed by atoms with Gasteiger partial charge in [0.1, 0.15) is 0 Å². The first kappa shape index (κ1) is 18.2. The molecule has 6 heteroatoms. The molecule has 0 amide bonds. The Bertz CT molecular complexity index is 176. The number of aliphatic hydroxyl groups excluding tert-OH is 1. The Morgan fingerprint density at radius 3 is 1.35 bits per heavy atom. The van der Waals surface area contributed by atoms with Gasteiger partial charge in [-0.05, 0) is 12.8 Å². The van der Waals surface area contributed by atoms with E-state index >= 15 is 0 Å². The zero-order valence-electron chi connectivity index (χ0n) is 10.1. The molecule has 0 aliphatic heterocycles. The van der Waals surface area contributed by atoms with Crippen molar-refractivity contribution in [3.63, 3.8) is 0 Å². The average Bonchev–Trinajstić information content (AvgIpc) is 2.27. The molecular weight excluding hydrogens is 226 g/mol. The van der Waals surface area contributed by atoms with Gasteiger partial charge >= 0.3 is 11.9 Å². The molecule has 0 aromatic carbocycles. The van der Waals surface area contributed by atoms with E-state index in [1.165, 1.54) is 0 Å². The molecule has 0 aliphatic carbocycles. The average molecular weight is 249 g/mol. The lowest BCUT2D eigenvalue weighted by Gasteiger charge is -1.97. The molecule has 0 saturated heterocycles. The van der Waals surface area contributed by atoms with Crippen LogP contribution in [0.15, 0.2) is 0 Å². The number of rotatable bonds is 9. The van der Waals surface area contributed by atoms with E-state index in [0.29, 0.717) is 19.4 Å². The van der Waals surface area contributed by atoms with Gasteiger partial charge in [-0.25, -0.2) is 0 Å². The molecular formula is C11H23NO5. The van der Waals surface area contributed by atoms with E-state index < -0.39 is 11.9 Å². The normalized spacial score (nSPS) is 9.29. The fourth-order valence-electron chi connectivity index (χ4n) is 1.08. The maximum absolute atomic E-state index is 10.1. The van der Waals surface area contributed by atoms with Crippen molar-refractivity contribution in [1.29, 1.82) is 0 Å². The minimum atomic E-state index is -0.759. The van der Waals surface area contributed by atoms with Crippen molar-refractivity contribution in [2.24, 2.45) is 5.73 Å². The third kappa shape index (κ3) is 25.3. The van der Waals surface area contributed by atoms with Crippen LogP contribution in [0.4, 0.5) is 0 Å². The molecule has 0 spiro atoms. The fourth-order valence-corrected chi connectivity index (χ4v) is 1.08. The number of nitrogens with two attached hydrogens (primary N) is 1. The lowest BCUT2D eigenvalue weighted by Crippen LogP contribution is -2.02.